The Bertz CT molecular complexity index is 872. The molecule has 0 spiro atoms. The van der Waals surface area contributed by atoms with Crippen LogP contribution < -0.4 is 15.6 Å². The predicted octanol–water partition coefficient (Wildman–Crippen LogP) is 2.62. The summed E-state index contributed by atoms with van der Waals surface area (Å²) in [6.45, 7) is 1.20. The second kappa shape index (κ2) is 7.36. The van der Waals surface area contributed by atoms with Crippen LogP contribution in [0.4, 0.5) is 0 Å². The maximum Gasteiger partial charge on any atom is 0.261 e. The number of ether oxygens (including phenoxy) is 1. The molecule has 2 heterocycles. The van der Waals surface area contributed by atoms with Gasteiger partial charge in [0, 0.05) is 12.2 Å². The normalized spacial score (nSPS) is 18.8. The highest BCUT2D eigenvalue weighted by atomic mass is 16.5. The van der Waals surface area contributed by atoms with Gasteiger partial charge in [0.05, 0.1) is 6.61 Å². The molecule has 2 aromatic rings. The Kier molecular flexibility index (Phi) is 4.78. The highest BCUT2D eigenvalue weighted by Crippen LogP contribution is 2.26. The van der Waals surface area contributed by atoms with Crippen LogP contribution in [0.1, 0.15) is 46.4 Å². The molecule has 5 nitrogen and oxygen atoms in total. The SMILES string of the molecule is O=C(NCC1CCOc2ccccc2C1)c1cc2c([nH]c1=O)CCCC2. The van der Waals surface area contributed by atoms with E-state index >= 15 is 0 Å². The molecule has 0 radical (unpaired) electrons. The second-order valence-corrected chi connectivity index (χ2v) is 7.25. The van der Waals surface area contributed by atoms with Crippen molar-refractivity contribution in [3.8, 4) is 5.75 Å². The number of hydrogen-bond donors (Lipinski definition) is 2. The summed E-state index contributed by atoms with van der Waals surface area (Å²) in [4.78, 5) is 27.7. The summed E-state index contributed by atoms with van der Waals surface area (Å²) in [6.07, 6.45) is 5.80. The molecule has 1 aliphatic heterocycles. The van der Waals surface area contributed by atoms with E-state index in [0.717, 1.165) is 55.5 Å². The van der Waals surface area contributed by atoms with Crippen LogP contribution in [0.5, 0.6) is 5.75 Å². The number of carbonyl (C=O) groups is 1. The molecule has 136 valence electrons. The number of amides is 1. The Balaban J connectivity index is 1.43. The van der Waals surface area contributed by atoms with Crippen molar-refractivity contribution in [1.82, 2.24) is 10.3 Å². The van der Waals surface area contributed by atoms with Crippen LogP contribution in [0.15, 0.2) is 35.1 Å². The van der Waals surface area contributed by atoms with Crippen molar-refractivity contribution in [2.45, 2.75) is 38.5 Å². The van der Waals surface area contributed by atoms with Crippen molar-refractivity contribution >= 4 is 5.91 Å². The van der Waals surface area contributed by atoms with Gasteiger partial charge in [-0.1, -0.05) is 18.2 Å². The minimum absolute atomic E-state index is 0.232. The number of hydrogen-bond acceptors (Lipinski definition) is 3. The second-order valence-electron chi connectivity index (χ2n) is 7.25. The number of para-hydroxylation sites is 1. The molecule has 2 N–H and O–H groups in total. The molecule has 2 aliphatic rings. The molecule has 26 heavy (non-hydrogen) atoms. The Hall–Kier alpha value is -2.56. The zero-order valence-corrected chi connectivity index (χ0v) is 14.8. The molecule has 1 aliphatic carbocycles. The van der Waals surface area contributed by atoms with E-state index in [1.807, 2.05) is 18.2 Å². The highest BCUT2D eigenvalue weighted by molar-refractivity contribution is 5.94. The molecule has 0 saturated heterocycles. The molecule has 4 rings (SSSR count). The number of aryl methyl sites for hydroxylation is 2. The maximum absolute atomic E-state index is 12.6. The lowest BCUT2D eigenvalue weighted by Gasteiger charge is -2.17. The maximum atomic E-state index is 12.6. The summed E-state index contributed by atoms with van der Waals surface area (Å²) in [6, 6.07) is 9.83. The number of H-pyrrole nitrogens is 1. The van der Waals surface area contributed by atoms with Gasteiger partial charge in [0.15, 0.2) is 0 Å². The lowest BCUT2D eigenvalue weighted by Crippen LogP contribution is -2.34. The Morgan fingerprint density at radius 2 is 2.04 bits per heavy atom. The van der Waals surface area contributed by atoms with Gasteiger partial charge in [-0.25, -0.2) is 0 Å². The van der Waals surface area contributed by atoms with Crippen molar-refractivity contribution in [1.29, 1.82) is 0 Å². The topological polar surface area (TPSA) is 71.2 Å². The third-order valence-corrected chi connectivity index (χ3v) is 5.40. The summed E-state index contributed by atoms with van der Waals surface area (Å²) < 4.78 is 5.78. The summed E-state index contributed by atoms with van der Waals surface area (Å²) >= 11 is 0. The van der Waals surface area contributed by atoms with Crippen LogP contribution in [0.25, 0.3) is 0 Å². The Morgan fingerprint density at radius 3 is 2.96 bits per heavy atom. The van der Waals surface area contributed by atoms with Crippen molar-refractivity contribution in [2.75, 3.05) is 13.2 Å². The first-order valence-electron chi connectivity index (χ1n) is 9.44. The number of nitrogens with one attached hydrogen (secondary N) is 2. The molecule has 1 aromatic heterocycles. The first kappa shape index (κ1) is 16.9. The average Bonchev–Trinajstić information content (AvgIpc) is 2.87. The Morgan fingerprint density at radius 1 is 1.19 bits per heavy atom. The van der Waals surface area contributed by atoms with Gasteiger partial charge in [0.1, 0.15) is 11.3 Å². The van der Waals surface area contributed by atoms with Crippen molar-refractivity contribution in [3.63, 3.8) is 0 Å². The molecule has 1 amide bonds. The quantitative estimate of drug-likeness (QED) is 0.892. The molecule has 0 bridgehead atoms. The summed E-state index contributed by atoms with van der Waals surface area (Å²) in [5, 5.41) is 2.96. The van der Waals surface area contributed by atoms with E-state index in [0.29, 0.717) is 19.1 Å². The third kappa shape index (κ3) is 3.52. The van der Waals surface area contributed by atoms with Gasteiger partial charge in [-0.2, -0.15) is 0 Å². The fourth-order valence-electron chi connectivity index (χ4n) is 3.91. The number of pyridine rings is 1. The number of benzene rings is 1. The Labute approximate surface area is 152 Å². The smallest absolute Gasteiger partial charge is 0.261 e. The van der Waals surface area contributed by atoms with Crippen LogP contribution in [-0.2, 0) is 19.3 Å². The van der Waals surface area contributed by atoms with Crippen LogP contribution in [-0.4, -0.2) is 24.0 Å². The first-order valence-corrected chi connectivity index (χ1v) is 9.44. The number of aromatic amines is 1. The minimum Gasteiger partial charge on any atom is -0.493 e. The van der Waals surface area contributed by atoms with Crippen LogP contribution in [0.2, 0.25) is 0 Å². The molecule has 1 unspecified atom stereocenters. The molecule has 5 heteroatoms. The lowest BCUT2D eigenvalue weighted by molar-refractivity contribution is 0.0943. The minimum atomic E-state index is -0.280. The van der Waals surface area contributed by atoms with Crippen molar-refractivity contribution < 1.29 is 9.53 Å². The van der Waals surface area contributed by atoms with Crippen LogP contribution >= 0.6 is 0 Å². The number of aromatic nitrogens is 1. The van der Waals surface area contributed by atoms with Gasteiger partial charge in [-0.05, 0) is 67.7 Å². The van der Waals surface area contributed by atoms with Gasteiger partial charge < -0.3 is 15.0 Å². The van der Waals surface area contributed by atoms with E-state index in [9.17, 15) is 9.59 Å². The molecule has 0 fully saturated rings. The van der Waals surface area contributed by atoms with Crippen molar-refractivity contribution in [2.24, 2.45) is 5.92 Å². The zero-order chi connectivity index (χ0) is 17.9. The molecule has 0 saturated carbocycles. The van der Waals surface area contributed by atoms with E-state index in [-0.39, 0.29) is 17.0 Å². The zero-order valence-electron chi connectivity index (χ0n) is 14.8. The van der Waals surface area contributed by atoms with E-state index in [1.165, 1.54) is 5.56 Å². The standard InChI is InChI=1S/C21H24N2O3/c24-20(17-12-15-5-1-3-7-18(15)23-21(17)25)22-13-14-9-10-26-19-8-4-2-6-16(19)11-14/h2,4,6,8,12,14H,1,3,5,7,9-11,13H2,(H,22,24)(H,23,25). The number of rotatable bonds is 3. The predicted molar refractivity (Wildman–Crippen MR) is 99.8 cm³/mol. The van der Waals surface area contributed by atoms with E-state index in [2.05, 4.69) is 16.4 Å². The summed E-state index contributed by atoms with van der Waals surface area (Å²) in [5.74, 6) is 0.963. The van der Waals surface area contributed by atoms with Crippen LogP contribution in [0.3, 0.4) is 0 Å². The number of carbonyl (C=O) groups excluding carboxylic acids is 1. The van der Waals surface area contributed by atoms with E-state index in [1.54, 1.807) is 6.07 Å². The highest BCUT2D eigenvalue weighted by Gasteiger charge is 2.20. The van der Waals surface area contributed by atoms with Gasteiger partial charge in [0.2, 0.25) is 0 Å². The summed E-state index contributed by atoms with van der Waals surface area (Å²) in [7, 11) is 0. The van der Waals surface area contributed by atoms with Gasteiger partial charge >= 0.3 is 0 Å². The average molecular weight is 352 g/mol. The fourth-order valence-corrected chi connectivity index (χ4v) is 3.91. The van der Waals surface area contributed by atoms with E-state index in [4.69, 9.17) is 4.74 Å². The molecular weight excluding hydrogens is 328 g/mol. The molecule has 1 atom stereocenters. The molecule has 1 aromatic carbocycles. The van der Waals surface area contributed by atoms with E-state index < -0.39 is 0 Å². The molecular formula is C21H24N2O3. The largest absolute Gasteiger partial charge is 0.493 e. The monoisotopic (exact) mass is 352 g/mol. The van der Waals surface area contributed by atoms with Gasteiger partial charge in [-0.15, -0.1) is 0 Å². The number of fused-ring (bicyclic) bond motifs is 2. The lowest BCUT2D eigenvalue weighted by atomic mass is 9.94. The van der Waals surface area contributed by atoms with Gasteiger partial charge in [0.25, 0.3) is 11.5 Å². The first-order chi connectivity index (χ1) is 12.7. The van der Waals surface area contributed by atoms with Gasteiger partial charge in [-0.3, -0.25) is 9.59 Å². The van der Waals surface area contributed by atoms with Crippen LogP contribution in [0, 0.1) is 5.92 Å². The van der Waals surface area contributed by atoms with Crippen molar-refractivity contribution in [3.05, 3.63) is 63.1 Å². The third-order valence-electron chi connectivity index (χ3n) is 5.40. The summed E-state index contributed by atoms with van der Waals surface area (Å²) in [5.41, 5.74) is 3.23. The fraction of sp³-hybridized carbons (Fsp3) is 0.429.